The van der Waals surface area contributed by atoms with Gasteiger partial charge in [0.15, 0.2) is 0 Å². The highest BCUT2D eigenvalue weighted by Gasteiger charge is 2.05. The minimum absolute atomic E-state index is 0.298. The third-order valence-corrected chi connectivity index (χ3v) is 3.66. The Morgan fingerprint density at radius 1 is 1.10 bits per heavy atom. The van der Waals surface area contributed by atoms with Crippen molar-refractivity contribution < 1.29 is 4.39 Å². The van der Waals surface area contributed by atoms with E-state index in [-0.39, 0.29) is 5.82 Å². The molecule has 0 saturated heterocycles. The maximum atomic E-state index is 13.4. The zero-order chi connectivity index (χ0) is 13.9. The topological polar surface area (TPSA) is 37.8 Å². The molecule has 1 N–H and O–H groups in total. The minimum atomic E-state index is -0.298. The summed E-state index contributed by atoms with van der Waals surface area (Å²) in [7, 11) is 0. The van der Waals surface area contributed by atoms with E-state index in [2.05, 4.69) is 15.3 Å². The van der Waals surface area contributed by atoms with Crippen LogP contribution >= 0.6 is 11.8 Å². The van der Waals surface area contributed by atoms with Gasteiger partial charge in [-0.1, -0.05) is 6.07 Å². The number of halogens is 1. The number of aromatic nitrogens is 2. The second-order valence-corrected chi connectivity index (χ2v) is 5.12. The van der Waals surface area contributed by atoms with Gasteiger partial charge in [-0.25, -0.2) is 14.4 Å². The van der Waals surface area contributed by atoms with Gasteiger partial charge in [-0.3, -0.25) is 0 Å². The smallest absolute Gasteiger partial charge is 0.141 e. The summed E-state index contributed by atoms with van der Waals surface area (Å²) in [4.78, 5) is 9.49. The molecule has 0 aliphatic carbocycles. The fourth-order valence-corrected chi connectivity index (χ4v) is 2.43. The third-order valence-electron chi connectivity index (χ3n) is 2.93. The fourth-order valence-electron chi connectivity index (χ4n) is 1.97. The first kappa shape index (κ1) is 12.9. The van der Waals surface area contributed by atoms with Gasteiger partial charge in [0.2, 0.25) is 0 Å². The highest BCUT2D eigenvalue weighted by Crippen LogP contribution is 2.25. The highest BCUT2D eigenvalue weighted by molar-refractivity contribution is 7.98. The molecule has 0 saturated carbocycles. The van der Waals surface area contributed by atoms with E-state index in [9.17, 15) is 4.39 Å². The van der Waals surface area contributed by atoms with Crippen LogP contribution in [0.4, 0.5) is 15.9 Å². The summed E-state index contributed by atoms with van der Waals surface area (Å²) in [5.74, 6) is 0.306. The molecule has 20 heavy (non-hydrogen) atoms. The van der Waals surface area contributed by atoms with Crippen molar-refractivity contribution in [1.82, 2.24) is 9.97 Å². The summed E-state index contributed by atoms with van der Waals surface area (Å²) in [5, 5.41) is 3.89. The van der Waals surface area contributed by atoms with Crippen molar-refractivity contribution in [3.63, 3.8) is 0 Å². The van der Waals surface area contributed by atoms with Crippen molar-refractivity contribution in [2.45, 2.75) is 4.90 Å². The van der Waals surface area contributed by atoms with Crippen LogP contribution in [0.1, 0.15) is 0 Å². The van der Waals surface area contributed by atoms with Crippen LogP contribution in [0.2, 0.25) is 0 Å². The summed E-state index contributed by atoms with van der Waals surface area (Å²) < 4.78 is 13.4. The van der Waals surface area contributed by atoms with Gasteiger partial charge < -0.3 is 5.32 Å². The number of nitrogens with zero attached hydrogens (tertiary/aromatic N) is 2. The van der Waals surface area contributed by atoms with Crippen LogP contribution in [-0.2, 0) is 0 Å². The van der Waals surface area contributed by atoms with E-state index in [4.69, 9.17) is 0 Å². The van der Waals surface area contributed by atoms with Gasteiger partial charge in [0, 0.05) is 16.0 Å². The Balaban J connectivity index is 2.03. The predicted octanol–water partition coefficient (Wildman–Crippen LogP) is 4.23. The zero-order valence-electron chi connectivity index (χ0n) is 10.8. The SMILES string of the molecule is CSc1cccc(Nc2ncnc3ccc(F)cc23)c1. The number of benzene rings is 2. The lowest BCUT2D eigenvalue weighted by Gasteiger charge is -2.09. The molecular formula is C15H12FN3S. The lowest BCUT2D eigenvalue weighted by molar-refractivity contribution is 0.629. The largest absolute Gasteiger partial charge is 0.340 e. The van der Waals surface area contributed by atoms with Crippen molar-refractivity contribution in [3.8, 4) is 0 Å². The van der Waals surface area contributed by atoms with Gasteiger partial charge >= 0.3 is 0 Å². The van der Waals surface area contributed by atoms with E-state index in [1.54, 1.807) is 17.8 Å². The summed E-state index contributed by atoms with van der Waals surface area (Å²) in [6.07, 6.45) is 3.50. The monoisotopic (exact) mass is 285 g/mol. The first-order valence-corrected chi connectivity index (χ1v) is 7.30. The molecule has 0 atom stereocenters. The molecular weight excluding hydrogens is 273 g/mol. The number of thioether (sulfide) groups is 1. The van der Waals surface area contributed by atoms with Crippen LogP contribution in [0.15, 0.2) is 53.7 Å². The lowest BCUT2D eigenvalue weighted by Crippen LogP contribution is -1.96. The number of fused-ring (bicyclic) bond motifs is 1. The Morgan fingerprint density at radius 2 is 2.00 bits per heavy atom. The van der Waals surface area contributed by atoms with Crippen LogP contribution < -0.4 is 5.32 Å². The molecule has 0 bridgehead atoms. The van der Waals surface area contributed by atoms with Crippen molar-refractivity contribution in [1.29, 1.82) is 0 Å². The zero-order valence-corrected chi connectivity index (χ0v) is 11.6. The first-order chi connectivity index (χ1) is 9.76. The molecule has 5 heteroatoms. The van der Waals surface area contributed by atoms with E-state index in [1.807, 2.05) is 30.5 Å². The molecule has 100 valence electrons. The fraction of sp³-hybridized carbons (Fsp3) is 0.0667. The molecule has 0 aliphatic heterocycles. The molecule has 3 rings (SSSR count). The molecule has 0 aliphatic rings. The third kappa shape index (κ3) is 2.58. The molecule has 0 fully saturated rings. The van der Waals surface area contributed by atoms with Crippen LogP contribution in [0, 0.1) is 5.82 Å². The molecule has 2 aromatic carbocycles. The van der Waals surface area contributed by atoms with Crippen LogP contribution in [0.3, 0.4) is 0 Å². The predicted molar refractivity (Wildman–Crippen MR) is 81.0 cm³/mol. The van der Waals surface area contributed by atoms with Crippen LogP contribution in [0.5, 0.6) is 0 Å². The minimum Gasteiger partial charge on any atom is -0.340 e. The molecule has 0 amide bonds. The molecule has 3 nitrogen and oxygen atoms in total. The first-order valence-electron chi connectivity index (χ1n) is 6.07. The van der Waals surface area contributed by atoms with Gasteiger partial charge in [-0.15, -0.1) is 11.8 Å². The molecule has 0 unspecified atom stereocenters. The second kappa shape index (κ2) is 5.46. The van der Waals surface area contributed by atoms with Crippen molar-refractivity contribution in [3.05, 3.63) is 54.6 Å². The summed E-state index contributed by atoms with van der Waals surface area (Å²) >= 11 is 1.67. The molecule has 0 radical (unpaired) electrons. The number of hydrogen-bond donors (Lipinski definition) is 1. The van der Waals surface area contributed by atoms with Gasteiger partial charge in [-0.05, 0) is 42.7 Å². The Labute approximate surface area is 120 Å². The van der Waals surface area contributed by atoms with E-state index < -0.39 is 0 Å². The van der Waals surface area contributed by atoms with Crippen LogP contribution in [-0.4, -0.2) is 16.2 Å². The average Bonchev–Trinajstić information content (AvgIpc) is 2.48. The van der Waals surface area contributed by atoms with Gasteiger partial charge in [0.05, 0.1) is 5.52 Å². The van der Waals surface area contributed by atoms with E-state index in [0.717, 1.165) is 10.6 Å². The number of anilines is 2. The van der Waals surface area contributed by atoms with Crippen molar-refractivity contribution >= 4 is 34.2 Å². The second-order valence-electron chi connectivity index (χ2n) is 4.24. The normalized spacial score (nSPS) is 10.7. The average molecular weight is 285 g/mol. The number of nitrogens with one attached hydrogen (secondary N) is 1. The van der Waals surface area contributed by atoms with Gasteiger partial charge in [0.1, 0.15) is 18.0 Å². The molecule has 3 aromatic rings. The maximum absolute atomic E-state index is 13.4. The quantitative estimate of drug-likeness (QED) is 0.731. The van der Waals surface area contributed by atoms with Crippen molar-refractivity contribution in [2.24, 2.45) is 0 Å². The van der Waals surface area contributed by atoms with E-state index in [1.165, 1.54) is 18.5 Å². The van der Waals surface area contributed by atoms with Gasteiger partial charge in [-0.2, -0.15) is 0 Å². The van der Waals surface area contributed by atoms with E-state index in [0.29, 0.717) is 16.7 Å². The summed E-state index contributed by atoms with van der Waals surface area (Å²) in [5.41, 5.74) is 1.63. The Hall–Kier alpha value is -2.14. The van der Waals surface area contributed by atoms with Crippen LogP contribution in [0.25, 0.3) is 10.9 Å². The summed E-state index contributed by atoms with van der Waals surface area (Å²) in [6, 6.07) is 12.5. The standard InChI is InChI=1S/C15H12FN3S/c1-20-12-4-2-3-11(8-12)19-15-13-7-10(16)5-6-14(13)17-9-18-15/h2-9H,1H3,(H,17,18,19). The summed E-state index contributed by atoms with van der Waals surface area (Å²) in [6.45, 7) is 0. The lowest BCUT2D eigenvalue weighted by atomic mass is 10.2. The number of hydrogen-bond acceptors (Lipinski definition) is 4. The highest BCUT2D eigenvalue weighted by atomic mass is 32.2. The molecule has 1 aromatic heterocycles. The molecule has 0 spiro atoms. The maximum Gasteiger partial charge on any atom is 0.141 e. The van der Waals surface area contributed by atoms with Gasteiger partial charge in [0.25, 0.3) is 0 Å². The Kier molecular flexibility index (Phi) is 3.52. The Bertz CT molecular complexity index is 761. The van der Waals surface area contributed by atoms with Crippen molar-refractivity contribution in [2.75, 3.05) is 11.6 Å². The number of rotatable bonds is 3. The molecule has 1 heterocycles. The van der Waals surface area contributed by atoms with E-state index >= 15 is 0 Å². The Morgan fingerprint density at radius 3 is 2.85 bits per heavy atom.